The number of ether oxygens (including phenoxy) is 2. The largest absolute Gasteiger partial charge is 0.490 e. The molecular weight excluding hydrogens is 754 g/mol. The van der Waals surface area contributed by atoms with Crippen molar-refractivity contribution in [3.05, 3.63) is 157 Å². The molecule has 5 aromatic rings. The second kappa shape index (κ2) is 15.2. The highest BCUT2D eigenvalue weighted by Crippen LogP contribution is 2.50. The Morgan fingerprint density at radius 3 is 2.13 bits per heavy atom. The van der Waals surface area contributed by atoms with Crippen molar-refractivity contribution in [3.63, 3.8) is 0 Å². The zero-order chi connectivity index (χ0) is 35.6. The van der Waals surface area contributed by atoms with Crippen molar-refractivity contribution >= 4 is 67.8 Å². The molecule has 9 heteroatoms. The van der Waals surface area contributed by atoms with Gasteiger partial charge >= 0.3 is 0 Å². The van der Waals surface area contributed by atoms with E-state index in [2.05, 4.69) is 98.9 Å². The molecule has 1 saturated heterocycles. The van der Waals surface area contributed by atoms with Crippen molar-refractivity contribution in [1.29, 1.82) is 0 Å². The zero-order valence-electron chi connectivity index (χ0n) is 28.7. The summed E-state index contributed by atoms with van der Waals surface area (Å²) in [6.45, 7) is 4.82. The molecule has 0 aromatic heterocycles. The molecule has 8 rings (SSSR count). The third-order valence-corrected chi connectivity index (χ3v) is 11.6. The first-order valence-electron chi connectivity index (χ1n) is 17.6. The molecule has 0 radical (unpaired) electrons. The number of hydrogen-bond acceptors (Lipinski definition) is 6. The van der Waals surface area contributed by atoms with Gasteiger partial charge in [-0.15, -0.1) is 0 Å². The first-order valence-corrected chi connectivity index (χ1v) is 19.6. The molecule has 262 valence electrons. The van der Waals surface area contributed by atoms with E-state index >= 15 is 0 Å². The smallest absolute Gasteiger partial charge is 0.264 e. The van der Waals surface area contributed by atoms with Gasteiger partial charge in [0.15, 0.2) is 16.7 Å². The Kier molecular flexibility index (Phi) is 10.1. The molecule has 1 amide bonds. The van der Waals surface area contributed by atoms with Crippen LogP contribution in [0.5, 0.6) is 11.5 Å². The molecule has 6 nitrogen and oxygen atoms in total. The van der Waals surface area contributed by atoms with Crippen molar-refractivity contribution in [1.82, 2.24) is 5.32 Å². The summed E-state index contributed by atoms with van der Waals surface area (Å²) in [7, 11) is 0. The maximum absolute atomic E-state index is 13.3. The van der Waals surface area contributed by atoms with E-state index in [0.717, 1.165) is 47.2 Å². The van der Waals surface area contributed by atoms with E-state index < -0.39 is 0 Å². The average molecular weight is 791 g/mol. The highest BCUT2D eigenvalue weighted by Gasteiger charge is 2.35. The molecule has 0 aliphatic carbocycles. The second-order valence-electron chi connectivity index (χ2n) is 13.1. The number of nitrogens with zero attached hydrogens (tertiary/aromatic N) is 2. The van der Waals surface area contributed by atoms with E-state index in [9.17, 15) is 4.79 Å². The first-order chi connectivity index (χ1) is 25.4. The van der Waals surface area contributed by atoms with Gasteiger partial charge in [0.25, 0.3) is 5.91 Å². The number of thioether (sulfide) groups is 1. The first kappa shape index (κ1) is 34.6. The monoisotopic (exact) mass is 789 g/mol. The van der Waals surface area contributed by atoms with Gasteiger partial charge in [-0.3, -0.25) is 4.79 Å². The molecule has 0 bridgehead atoms. The van der Waals surface area contributed by atoms with Crippen LogP contribution in [0.2, 0.25) is 5.02 Å². The topological polar surface area (TPSA) is 63.2 Å². The molecule has 1 N–H and O–H groups in total. The quantitative estimate of drug-likeness (QED) is 0.151. The minimum absolute atomic E-state index is 0.185. The van der Waals surface area contributed by atoms with E-state index in [1.807, 2.05) is 49.4 Å². The fourth-order valence-electron chi connectivity index (χ4n) is 7.46. The van der Waals surface area contributed by atoms with Gasteiger partial charge in [-0.2, -0.15) is 0 Å². The molecule has 3 aliphatic rings. The lowest BCUT2D eigenvalue weighted by molar-refractivity contribution is -0.115. The summed E-state index contributed by atoms with van der Waals surface area (Å²) in [5.74, 6) is 1.56. The predicted octanol–water partition coefficient (Wildman–Crippen LogP) is 10.8. The Hall–Kier alpha value is -4.50. The van der Waals surface area contributed by atoms with Crippen LogP contribution in [0, 0.1) is 0 Å². The van der Waals surface area contributed by atoms with Gasteiger partial charge in [0, 0.05) is 35.6 Å². The van der Waals surface area contributed by atoms with E-state index in [0.29, 0.717) is 39.8 Å². The third kappa shape index (κ3) is 7.25. The fourth-order valence-corrected chi connectivity index (χ4v) is 9.01. The number of amidine groups is 1. The third-order valence-electron chi connectivity index (χ3n) is 9.81. The molecular formula is C43H37BrClN3O3S. The van der Waals surface area contributed by atoms with Crippen molar-refractivity contribution in [2.45, 2.75) is 38.2 Å². The van der Waals surface area contributed by atoms with Crippen LogP contribution in [0.1, 0.15) is 65.0 Å². The van der Waals surface area contributed by atoms with Gasteiger partial charge in [0.1, 0.15) is 6.61 Å². The van der Waals surface area contributed by atoms with Crippen LogP contribution >= 0.6 is 39.3 Å². The lowest BCUT2D eigenvalue weighted by Crippen LogP contribution is -2.37. The van der Waals surface area contributed by atoms with Gasteiger partial charge in [0.2, 0.25) is 0 Å². The average Bonchev–Trinajstić information content (AvgIpc) is 3.50. The highest BCUT2D eigenvalue weighted by molar-refractivity contribution is 9.10. The van der Waals surface area contributed by atoms with Gasteiger partial charge < -0.3 is 19.7 Å². The van der Waals surface area contributed by atoms with Crippen molar-refractivity contribution in [2.24, 2.45) is 4.99 Å². The molecule has 5 aromatic carbocycles. The van der Waals surface area contributed by atoms with Crippen molar-refractivity contribution in [2.75, 3.05) is 24.6 Å². The lowest BCUT2D eigenvalue weighted by atomic mass is 9.76. The number of rotatable bonds is 9. The minimum atomic E-state index is -0.185. The van der Waals surface area contributed by atoms with Crippen LogP contribution in [0.3, 0.4) is 0 Å². The fraction of sp³-hybridized carbons (Fsp3) is 0.209. The van der Waals surface area contributed by atoms with E-state index in [1.54, 1.807) is 0 Å². The molecule has 0 unspecified atom stereocenters. The number of benzene rings is 5. The van der Waals surface area contributed by atoms with E-state index in [1.165, 1.54) is 39.7 Å². The van der Waals surface area contributed by atoms with Gasteiger partial charge in [-0.25, -0.2) is 4.99 Å². The number of halogens is 2. The van der Waals surface area contributed by atoms with Crippen molar-refractivity contribution < 1.29 is 14.3 Å². The number of hydrogen-bond donors (Lipinski definition) is 1. The maximum Gasteiger partial charge on any atom is 0.264 e. The molecule has 1 fully saturated rings. The summed E-state index contributed by atoms with van der Waals surface area (Å²) in [6.07, 6.45) is 3.97. The Morgan fingerprint density at radius 2 is 1.52 bits per heavy atom. The van der Waals surface area contributed by atoms with Crippen LogP contribution in [0.4, 0.5) is 11.4 Å². The van der Waals surface area contributed by atoms with Gasteiger partial charge in [0.05, 0.1) is 21.7 Å². The van der Waals surface area contributed by atoms with Crippen LogP contribution in [0.25, 0.3) is 6.08 Å². The Labute approximate surface area is 322 Å². The Bertz CT molecular complexity index is 2100. The maximum atomic E-state index is 13.3. The molecule has 3 heterocycles. The molecule has 3 aliphatic heterocycles. The summed E-state index contributed by atoms with van der Waals surface area (Å²) in [5, 5.41) is 4.26. The lowest BCUT2D eigenvalue weighted by Gasteiger charge is -2.43. The predicted molar refractivity (Wildman–Crippen MR) is 216 cm³/mol. The highest BCUT2D eigenvalue weighted by atomic mass is 79.9. The number of carbonyl (C=O) groups is 1. The molecule has 0 spiro atoms. The number of carbonyl (C=O) groups excluding carboxylic acids is 1. The Balaban J connectivity index is 1.11. The van der Waals surface area contributed by atoms with E-state index in [4.69, 9.17) is 26.1 Å². The zero-order valence-corrected chi connectivity index (χ0v) is 31.8. The standard InChI is InChI=1S/C43H37BrClN3O3S/c1-2-50-38-22-28(21-37(44)41(38)51-26-27-13-15-31(45)16-14-27)23-39-42(49)47-43(52-39)46-32-24-35-33(29-9-5-3-6-10-29)17-19-48-20-18-34(36(25-32)40(35)48)30-11-7-4-8-12-30/h3-16,21-25,33-34H,2,17-20,26H2,1H3,(H,46,47,49)/b39-23-/t33-,34+. The second-order valence-corrected chi connectivity index (χ2v) is 15.4. The van der Waals surface area contributed by atoms with Gasteiger partial charge in [-0.05, 0) is 123 Å². The van der Waals surface area contributed by atoms with Crippen LogP contribution < -0.4 is 19.7 Å². The summed E-state index contributed by atoms with van der Waals surface area (Å²) in [6, 6.07) is 37.5. The minimum Gasteiger partial charge on any atom is -0.490 e. The van der Waals surface area contributed by atoms with Crippen LogP contribution in [-0.2, 0) is 11.4 Å². The van der Waals surface area contributed by atoms with Gasteiger partial charge in [-0.1, -0.05) is 84.4 Å². The number of nitrogens with one attached hydrogen (secondary N) is 1. The normalized spacial score (nSPS) is 19.4. The Morgan fingerprint density at radius 1 is 0.885 bits per heavy atom. The summed E-state index contributed by atoms with van der Waals surface area (Å²) in [4.78, 5) is 21.5. The van der Waals surface area contributed by atoms with Crippen LogP contribution in [0.15, 0.2) is 124 Å². The summed E-state index contributed by atoms with van der Waals surface area (Å²) in [5.41, 5.74) is 9.27. The summed E-state index contributed by atoms with van der Waals surface area (Å²) < 4.78 is 12.9. The van der Waals surface area contributed by atoms with Crippen LogP contribution in [-0.4, -0.2) is 30.8 Å². The number of anilines is 1. The van der Waals surface area contributed by atoms with Crippen molar-refractivity contribution in [3.8, 4) is 11.5 Å². The SMILES string of the molecule is CCOc1cc(/C=C2\SC(=Nc3cc4c5c(c3)[C@H](c3ccccc3)CCN5CC[C@@H]4c3ccccc3)NC2=O)cc(Br)c1OCc1ccc(Cl)cc1. The van der Waals surface area contributed by atoms with E-state index in [-0.39, 0.29) is 17.7 Å². The molecule has 0 saturated carbocycles. The molecule has 52 heavy (non-hydrogen) atoms. The number of aliphatic imine (C=N–C) groups is 1. The summed E-state index contributed by atoms with van der Waals surface area (Å²) >= 11 is 11.1. The number of amides is 1. The molecule has 2 atom stereocenters.